The fourth-order valence-corrected chi connectivity index (χ4v) is 5.54. The molecular weight excluding hydrogens is 472 g/mol. The van der Waals surface area contributed by atoms with Crippen molar-refractivity contribution in [1.29, 1.82) is 0 Å². The predicted molar refractivity (Wildman–Crippen MR) is 119 cm³/mol. The van der Waals surface area contributed by atoms with Crippen LogP contribution in [0.25, 0.3) is 0 Å². The first-order valence-electron chi connectivity index (χ1n) is 11.0. The van der Waals surface area contributed by atoms with Crippen molar-refractivity contribution >= 4 is 11.3 Å². The molecule has 0 spiro atoms. The first-order chi connectivity index (χ1) is 16.4. The Morgan fingerprint density at radius 3 is 2.38 bits per heavy atom. The summed E-state index contributed by atoms with van der Waals surface area (Å²) < 4.78 is 60.3. The molecule has 0 saturated heterocycles. The highest BCUT2D eigenvalue weighted by molar-refractivity contribution is 7.11. The van der Waals surface area contributed by atoms with Crippen LogP contribution >= 0.6 is 11.3 Å². The monoisotopic (exact) mass is 496 g/mol. The number of aliphatic hydroxyl groups is 1. The molecule has 10 heteroatoms. The zero-order valence-corrected chi connectivity index (χ0v) is 18.9. The fourth-order valence-electron chi connectivity index (χ4n) is 4.30. The second-order valence-electron chi connectivity index (χ2n) is 8.13. The van der Waals surface area contributed by atoms with E-state index in [4.69, 9.17) is 0 Å². The summed E-state index contributed by atoms with van der Waals surface area (Å²) in [5, 5.41) is 11.2. The van der Waals surface area contributed by atoms with Crippen LogP contribution in [0.15, 0.2) is 48.9 Å². The van der Waals surface area contributed by atoms with Gasteiger partial charge in [0.15, 0.2) is 11.5 Å². The predicted octanol–water partition coefficient (Wildman–Crippen LogP) is 6.13. The van der Waals surface area contributed by atoms with E-state index in [1.807, 2.05) is 12.1 Å². The molecule has 1 aliphatic carbocycles. The lowest BCUT2D eigenvalue weighted by Crippen LogP contribution is -2.21. The molecule has 2 aromatic heterocycles. The zero-order chi connectivity index (χ0) is 24.1. The molecule has 3 unspecified atom stereocenters. The Balaban J connectivity index is 1.70. The molecule has 34 heavy (non-hydrogen) atoms. The van der Waals surface area contributed by atoms with Gasteiger partial charge in [-0.3, -0.25) is 4.98 Å². The van der Waals surface area contributed by atoms with Crippen LogP contribution in [-0.4, -0.2) is 34.4 Å². The molecule has 3 aromatic rings. The lowest BCUT2D eigenvalue weighted by atomic mass is 9.86. The number of thiazole rings is 1. The molecule has 182 valence electrons. The number of hydrogen-bond donors (Lipinski definition) is 1. The third-order valence-electron chi connectivity index (χ3n) is 5.93. The van der Waals surface area contributed by atoms with E-state index in [9.17, 15) is 22.7 Å². The molecule has 3 atom stereocenters. The van der Waals surface area contributed by atoms with E-state index in [0.29, 0.717) is 12.0 Å². The number of rotatable bonds is 9. The number of aromatic nitrogens is 2. The summed E-state index contributed by atoms with van der Waals surface area (Å²) in [5.41, 5.74) is 1.51. The van der Waals surface area contributed by atoms with Gasteiger partial charge in [0, 0.05) is 35.3 Å². The lowest BCUT2D eigenvalue weighted by molar-refractivity contribution is -0.0692. The molecule has 4 rings (SSSR count). The largest absolute Gasteiger partial charge is 0.431 e. The maximum absolute atomic E-state index is 13.0. The molecule has 1 aromatic carbocycles. The van der Waals surface area contributed by atoms with Crippen LogP contribution in [0.5, 0.6) is 11.5 Å². The molecule has 5 nitrogen and oxygen atoms in total. The van der Waals surface area contributed by atoms with Crippen LogP contribution < -0.4 is 9.47 Å². The summed E-state index contributed by atoms with van der Waals surface area (Å²) in [4.78, 5) is 9.61. The van der Waals surface area contributed by atoms with Crippen molar-refractivity contribution in [2.24, 2.45) is 0 Å². The number of benzene rings is 1. The summed E-state index contributed by atoms with van der Waals surface area (Å²) in [6.07, 6.45) is 8.80. The number of halogens is 4. The van der Waals surface area contributed by atoms with E-state index in [1.54, 1.807) is 24.7 Å². The van der Waals surface area contributed by atoms with Crippen molar-refractivity contribution in [2.45, 2.75) is 63.3 Å². The van der Waals surface area contributed by atoms with Gasteiger partial charge >= 0.3 is 13.2 Å². The summed E-state index contributed by atoms with van der Waals surface area (Å²) in [7, 11) is 0. The van der Waals surface area contributed by atoms with E-state index in [-0.39, 0.29) is 11.8 Å². The van der Waals surface area contributed by atoms with E-state index in [2.05, 4.69) is 19.4 Å². The van der Waals surface area contributed by atoms with E-state index in [0.717, 1.165) is 41.1 Å². The molecule has 0 bridgehead atoms. The van der Waals surface area contributed by atoms with Crippen LogP contribution in [0.3, 0.4) is 0 Å². The van der Waals surface area contributed by atoms with Crippen LogP contribution in [0.2, 0.25) is 0 Å². The topological polar surface area (TPSA) is 64.5 Å². The zero-order valence-electron chi connectivity index (χ0n) is 18.1. The normalized spacial score (nSPS) is 19.4. The summed E-state index contributed by atoms with van der Waals surface area (Å²) >= 11 is 1.47. The molecule has 1 aliphatic rings. The number of aliphatic hydroxyl groups excluding tert-OH is 1. The second kappa shape index (κ2) is 11.1. The maximum atomic E-state index is 13.0. The average Bonchev–Trinajstić information content (AvgIpc) is 3.29. The number of hydrogen-bond acceptors (Lipinski definition) is 6. The van der Waals surface area contributed by atoms with Gasteiger partial charge in [-0.1, -0.05) is 18.9 Å². The smallest absolute Gasteiger partial charge is 0.387 e. The number of ether oxygens (including phenoxy) is 2. The van der Waals surface area contributed by atoms with E-state index < -0.39 is 30.8 Å². The third kappa shape index (κ3) is 6.04. The maximum Gasteiger partial charge on any atom is 0.387 e. The van der Waals surface area contributed by atoms with Gasteiger partial charge in [0.2, 0.25) is 0 Å². The summed E-state index contributed by atoms with van der Waals surface area (Å²) in [6.45, 7) is -6.38. The standard InChI is InChI=1S/C24H24F4N2O3S/c25-23(26)32-19-6-5-15(12-20(19)33-24(27)28)17(11-14-7-9-29-10-8-14)22-30-13-21(34-22)16-3-1-2-4-18(16)31/h5-10,12-13,16-18,23-24,31H,1-4,11H2. The van der Waals surface area contributed by atoms with Gasteiger partial charge < -0.3 is 14.6 Å². The Hall–Kier alpha value is -2.72. The third-order valence-corrected chi connectivity index (χ3v) is 7.17. The van der Waals surface area contributed by atoms with Gasteiger partial charge in [0.1, 0.15) is 5.01 Å². The minimum absolute atomic E-state index is 0.0149. The van der Waals surface area contributed by atoms with Crippen LogP contribution in [-0.2, 0) is 6.42 Å². The van der Waals surface area contributed by atoms with Crippen molar-refractivity contribution in [3.05, 3.63) is 69.9 Å². The highest BCUT2D eigenvalue weighted by Crippen LogP contribution is 2.41. The molecule has 0 amide bonds. The highest BCUT2D eigenvalue weighted by atomic mass is 32.1. The van der Waals surface area contributed by atoms with Gasteiger partial charge in [-0.25, -0.2) is 4.98 Å². The summed E-state index contributed by atoms with van der Waals surface area (Å²) in [6, 6.07) is 7.75. The van der Waals surface area contributed by atoms with Crippen LogP contribution in [0, 0.1) is 0 Å². The van der Waals surface area contributed by atoms with Crippen molar-refractivity contribution in [3.63, 3.8) is 0 Å². The molecule has 1 N–H and O–H groups in total. The molecule has 1 fully saturated rings. The Morgan fingerprint density at radius 2 is 1.68 bits per heavy atom. The van der Waals surface area contributed by atoms with Gasteiger partial charge in [0.05, 0.1) is 6.10 Å². The van der Waals surface area contributed by atoms with Gasteiger partial charge in [-0.15, -0.1) is 11.3 Å². The number of alkyl halides is 4. The van der Waals surface area contributed by atoms with Gasteiger partial charge in [-0.05, 0) is 54.7 Å². The van der Waals surface area contributed by atoms with Gasteiger partial charge in [-0.2, -0.15) is 17.6 Å². The SMILES string of the molecule is OC1CCCCC1c1cnc(C(Cc2ccncc2)c2ccc(OC(F)F)c(OC(F)F)c2)s1. The van der Waals surface area contributed by atoms with Crippen molar-refractivity contribution in [2.75, 3.05) is 0 Å². The average molecular weight is 497 g/mol. The van der Waals surface area contributed by atoms with Crippen LogP contribution in [0.1, 0.15) is 58.5 Å². The van der Waals surface area contributed by atoms with Crippen LogP contribution in [0.4, 0.5) is 17.6 Å². The minimum Gasteiger partial charge on any atom is -0.431 e. The Bertz CT molecular complexity index is 1070. The van der Waals surface area contributed by atoms with E-state index in [1.165, 1.54) is 23.5 Å². The first-order valence-corrected chi connectivity index (χ1v) is 11.8. The number of nitrogens with zero attached hydrogens (tertiary/aromatic N) is 2. The van der Waals surface area contributed by atoms with Crippen molar-refractivity contribution in [3.8, 4) is 11.5 Å². The quantitative estimate of drug-likeness (QED) is 0.361. The summed E-state index contributed by atoms with van der Waals surface area (Å²) in [5.74, 6) is -1.28. The molecular formula is C24H24F4N2O3S. The van der Waals surface area contributed by atoms with Crippen molar-refractivity contribution < 1.29 is 32.1 Å². The first kappa shape index (κ1) is 24.4. The Kier molecular flexibility index (Phi) is 7.99. The van der Waals surface area contributed by atoms with E-state index >= 15 is 0 Å². The molecule has 0 radical (unpaired) electrons. The molecule has 2 heterocycles. The molecule has 1 saturated carbocycles. The number of pyridine rings is 1. The fraction of sp³-hybridized carbons (Fsp3) is 0.417. The van der Waals surface area contributed by atoms with Gasteiger partial charge in [0.25, 0.3) is 0 Å². The Labute approximate surface area is 198 Å². The molecule has 0 aliphatic heterocycles. The second-order valence-corrected chi connectivity index (χ2v) is 9.23. The van der Waals surface area contributed by atoms with Crippen molar-refractivity contribution in [1.82, 2.24) is 9.97 Å². The Morgan fingerprint density at radius 1 is 0.971 bits per heavy atom. The lowest BCUT2D eigenvalue weighted by Gasteiger charge is -2.26. The minimum atomic E-state index is -3.20. The highest BCUT2D eigenvalue weighted by Gasteiger charge is 2.28.